The molecule has 0 aromatic carbocycles. The predicted octanol–water partition coefficient (Wildman–Crippen LogP) is 1.13. The van der Waals surface area contributed by atoms with Crippen LogP contribution < -0.4 is 11.1 Å². The lowest BCUT2D eigenvalue weighted by Crippen LogP contribution is -2.25. The van der Waals surface area contributed by atoms with E-state index in [0.29, 0.717) is 12.2 Å². The van der Waals surface area contributed by atoms with Gasteiger partial charge in [-0.3, -0.25) is 9.59 Å². The predicted molar refractivity (Wildman–Crippen MR) is 81.7 cm³/mol. The lowest BCUT2D eigenvalue weighted by atomic mass is 10.3. The third kappa shape index (κ3) is 2.44. The summed E-state index contributed by atoms with van der Waals surface area (Å²) in [5.41, 5.74) is 7.15. The molecular formula is C14H13N5O2S. The van der Waals surface area contributed by atoms with Gasteiger partial charge in [0.2, 0.25) is 0 Å². The number of nitrogens with one attached hydrogen (secondary N) is 1. The lowest BCUT2D eigenvalue weighted by Gasteiger charge is -2.06. The fourth-order valence-electron chi connectivity index (χ4n) is 2.07. The average molecular weight is 315 g/mol. The van der Waals surface area contributed by atoms with Gasteiger partial charge < -0.3 is 11.1 Å². The van der Waals surface area contributed by atoms with Gasteiger partial charge in [-0.05, 0) is 30.0 Å². The van der Waals surface area contributed by atoms with Crippen LogP contribution in [0.4, 0.5) is 0 Å². The molecule has 3 rings (SSSR count). The van der Waals surface area contributed by atoms with Gasteiger partial charge in [-0.15, -0.1) is 11.3 Å². The molecule has 0 saturated heterocycles. The van der Waals surface area contributed by atoms with Gasteiger partial charge in [0, 0.05) is 11.1 Å². The molecule has 8 heteroatoms. The standard InChI is InChI=1S/C14H13N5O2S/c1-8-3-5-22-11(8)7-17-14(21)10-2-4-16-13-9(12(15)20)6-18-19(10)13/h2-6H,7H2,1H3,(H2,15,20)(H,17,21). The van der Waals surface area contributed by atoms with Gasteiger partial charge in [0.15, 0.2) is 5.65 Å². The first-order valence-corrected chi connectivity index (χ1v) is 7.39. The molecule has 0 bridgehead atoms. The highest BCUT2D eigenvalue weighted by atomic mass is 32.1. The van der Waals surface area contributed by atoms with Crippen molar-refractivity contribution < 1.29 is 9.59 Å². The van der Waals surface area contributed by atoms with Gasteiger partial charge in [0.25, 0.3) is 11.8 Å². The number of thiophene rings is 1. The number of amides is 2. The summed E-state index contributed by atoms with van der Waals surface area (Å²) in [6.45, 7) is 2.44. The number of hydrogen-bond acceptors (Lipinski definition) is 5. The van der Waals surface area contributed by atoms with Gasteiger partial charge >= 0.3 is 0 Å². The molecule has 3 aromatic rings. The second-order valence-corrected chi connectivity index (χ2v) is 5.70. The quantitative estimate of drug-likeness (QED) is 0.753. The Morgan fingerprint density at radius 1 is 1.41 bits per heavy atom. The normalized spacial score (nSPS) is 10.8. The van der Waals surface area contributed by atoms with Crippen LogP contribution >= 0.6 is 11.3 Å². The average Bonchev–Trinajstić information content (AvgIpc) is 3.10. The van der Waals surface area contributed by atoms with Crippen LogP contribution in [0.2, 0.25) is 0 Å². The largest absolute Gasteiger partial charge is 0.365 e. The molecule has 0 atom stereocenters. The third-order valence-electron chi connectivity index (χ3n) is 3.28. The summed E-state index contributed by atoms with van der Waals surface area (Å²) in [6.07, 6.45) is 2.76. The Bertz CT molecular complexity index is 867. The molecule has 2 amide bonds. The first-order chi connectivity index (χ1) is 10.6. The van der Waals surface area contributed by atoms with Crippen molar-refractivity contribution in [2.75, 3.05) is 0 Å². The highest BCUT2D eigenvalue weighted by Crippen LogP contribution is 2.15. The van der Waals surface area contributed by atoms with E-state index in [1.807, 2.05) is 18.4 Å². The first-order valence-electron chi connectivity index (χ1n) is 6.51. The van der Waals surface area contributed by atoms with Crippen LogP contribution in [0.5, 0.6) is 0 Å². The van der Waals surface area contributed by atoms with Crippen molar-refractivity contribution in [3.05, 3.63) is 51.6 Å². The Balaban J connectivity index is 1.88. The Hall–Kier alpha value is -2.74. The zero-order chi connectivity index (χ0) is 15.7. The summed E-state index contributed by atoms with van der Waals surface area (Å²) in [4.78, 5) is 28.8. The number of hydrogen-bond donors (Lipinski definition) is 2. The zero-order valence-corrected chi connectivity index (χ0v) is 12.6. The van der Waals surface area contributed by atoms with Crippen molar-refractivity contribution >= 4 is 28.8 Å². The number of carbonyl (C=O) groups is 2. The van der Waals surface area contributed by atoms with Crippen molar-refractivity contribution in [3.63, 3.8) is 0 Å². The monoisotopic (exact) mass is 315 g/mol. The minimum atomic E-state index is -0.630. The van der Waals surface area contributed by atoms with Crippen LogP contribution in [0.25, 0.3) is 5.65 Å². The van der Waals surface area contributed by atoms with E-state index in [0.717, 1.165) is 10.4 Å². The Morgan fingerprint density at radius 2 is 2.23 bits per heavy atom. The number of aromatic nitrogens is 3. The number of carbonyl (C=O) groups excluding carboxylic acids is 2. The second kappa shape index (κ2) is 5.57. The number of nitrogens with zero attached hydrogens (tertiary/aromatic N) is 3. The molecule has 3 N–H and O–H groups in total. The minimum absolute atomic E-state index is 0.184. The first kappa shape index (κ1) is 14.2. The van der Waals surface area contributed by atoms with Gasteiger partial charge in [-0.2, -0.15) is 5.10 Å². The maximum atomic E-state index is 12.3. The second-order valence-electron chi connectivity index (χ2n) is 4.70. The number of nitrogens with two attached hydrogens (primary N) is 1. The Morgan fingerprint density at radius 3 is 2.91 bits per heavy atom. The molecule has 0 aliphatic carbocycles. The highest BCUT2D eigenvalue weighted by molar-refractivity contribution is 7.10. The fraction of sp³-hybridized carbons (Fsp3) is 0.143. The summed E-state index contributed by atoms with van der Waals surface area (Å²) < 4.78 is 1.32. The van der Waals surface area contributed by atoms with Crippen molar-refractivity contribution in [1.82, 2.24) is 19.9 Å². The number of fused-ring (bicyclic) bond motifs is 1. The van der Waals surface area contributed by atoms with E-state index < -0.39 is 5.91 Å². The molecule has 7 nitrogen and oxygen atoms in total. The Labute approximate surface area is 129 Å². The van der Waals surface area contributed by atoms with Crippen LogP contribution in [-0.4, -0.2) is 26.4 Å². The molecule has 0 radical (unpaired) electrons. The summed E-state index contributed by atoms with van der Waals surface area (Å²) in [7, 11) is 0. The summed E-state index contributed by atoms with van der Waals surface area (Å²) in [5, 5.41) is 8.84. The van der Waals surface area contributed by atoms with Crippen molar-refractivity contribution in [1.29, 1.82) is 0 Å². The van der Waals surface area contributed by atoms with Gasteiger partial charge in [-0.25, -0.2) is 9.50 Å². The SMILES string of the molecule is Cc1ccsc1CNC(=O)c1ccnc2c(C(N)=O)cnn12. The van der Waals surface area contributed by atoms with Crippen molar-refractivity contribution in [2.45, 2.75) is 13.5 Å². The number of primary amides is 1. The summed E-state index contributed by atoms with van der Waals surface area (Å²) in [5.74, 6) is -0.923. The number of rotatable bonds is 4. The van der Waals surface area contributed by atoms with Gasteiger partial charge in [-0.1, -0.05) is 0 Å². The Kier molecular flexibility index (Phi) is 3.60. The van der Waals surface area contributed by atoms with Gasteiger partial charge in [0.1, 0.15) is 11.3 Å². The summed E-state index contributed by atoms with van der Waals surface area (Å²) >= 11 is 1.59. The maximum Gasteiger partial charge on any atom is 0.270 e. The lowest BCUT2D eigenvalue weighted by molar-refractivity contribution is 0.0942. The van der Waals surface area contributed by atoms with Crippen LogP contribution in [-0.2, 0) is 6.54 Å². The van der Waals surface area contributed by atoms with E-state index in [4.69, 9.17) is 5.73 Å². The molecule has 0 aliphatic heterocycles. The molecule has 112 valence electrons. The van der Waals surface area contributed by atoms with E-state index in [1.165, 1.54) is 16.9 Å². The van der Waals surface area contributed by atoms with Crippen LogP contribution in [0, 0.1) is 6.92 Å². The van der Waals surface area contributed by atoms with Crippen molar-refractivity contribution in [3.8, 4) is 0 Å². The summed E-state index contributed by atoms with van der Waals surface area (Å²) in [6, 6.07) is 3.55. The smallest absolute Gasteiger partial charge is 0.270 e. The van der Waals surface area contributed by atoms with E-state index in [-0.39, 0.29) is 17.1 Å². The molecule has 3 aromatic heterocycles. The fourth-order valence-corrected chi connectivity index (χ4v) is 2.92. The number of aryl methyl sites for hydroxylation is 1. The van der Waals surface area contributed by atoms with Crippen molar-refractivity contribution in [2.24, 2.45) is 5.73 Å². The van der Waals surface area contributed by atoms with Crippen LogP contribution in [0.15, 0.2) is 29.9 Å². The zero-order valence-electron chi connectivity index (χ0n) is 11.7. The molecule has 0 unspecified atom stereocenters. The van der Waals surface area contributed by atoms with E-state index in [1.54, 1.807) is 17.4 Å². The molecule has 3 heterocycles. The van der Waals surface area contributed by atoms with E-state index in [2.05, 4.69) is 15.4 Å². The van der Waals surface area contributed by atoms with Gasteiger partial charge in [0.05, 0.1) is 12.7 Å². The third-order valence-corrected chi connectivity index (χ3v) is 4.30. The molecule has 0 fully saturated rings. The molecule has 22 heavy (non-hydrogen) atoms. The maximum absolute atomic E-state index is 12.3. The molecule has 0 spiro atoms. The van der Waals surface area contributed by atoms with E-state index in [9.17, 15) is 9.59 Å². The van der Waals surface area contributed by atoms with Crippen LogP contribution in [0.1, 0.15) is 31.3 Å². The molecule has 0 aliphatic rings. The minimum Gasteiger partial charge on any atom is -0.365 e. The molecular weight excluding hydrogens is 302 g/mol. The van der Waals surface area contributed by atoms with Crippen LogP contribution in [0.3, 0.4) is 0 Å². The topological polar surface area (TPSA) is 102 Å². The highest BCUT2D eigenvalue weighted by Gasteiger charge is 2.16. The molecule has 0 saturated carbocycles. The van der Waals surface area contributed by atoms with E-state index >= 15 is 0 Å².